The fourth-order valence-corrected chi connectivity index (χ4v) is 2.33. The molecule has 1 atom stereocenters. The number of rotatable bonds is 6. The van der Waals surface area contributed by atoms with Crippen molar-refractivity contribution < 1.29 is 23.5 Å². The number of carbonyl (C=O) groups excluding carboxylic acids is 2. The first-order chi connectivity index (χ1) is 12.0. The lowest BCUT2D eigenvalue weighted by molar-refractivity contribution is -0.122. The second-order valence-corrected chi connectivity index (χ2v) is 5.40. The van der Waals surface area contributed by atoms with E-state index in [4.69, 9.17) is 9.47 Å². The molecule has 0 saturated heterocycles. The molecule has 0 aliphatic rings. The molecule has 2 rings (SSSR count). The smallest absolute Gasteiger partial charge is 0.338 e. The molecule has 0 spiro atoms. The Bertz CT molecular complexity index is 776. The number of ether oxygens (including phenoxy) is 2. The van der Waals surface area contributed by atoms with Gasteiger partial charge in [-0.25, -0.2) is 9.18 Å². The van der Waals surface area contributed by atoms with Crippen LogP contribution in [0.3, 0.4) is 0 Å². The minimum atomic E-state index is -0.863. The zero-order valence-electron chi connectivity index (χ0n) is 14.3. The molecule has 0 aromatic heterocycles. The second kappa shape index (κ2) is 8.28. The summed E-state index contributed by atoms with van der Waals surface area (Å²) in [4.78, 5) is 24.2. The largest absolute Gasteiger partial charge is 0.478 e. The van der Waals surface area contributed by atoms with Crippen LogP contribution < -0.4 is 10.1 Å². The molecule has 0 bridgehead atoms. The lowest BCUT2D eigenvalue weighted by Gasteiger charge is -2.19. The molecule has 0 aliphatic heterocycles. The predicted molar refractivity (Wildman–Crippen MR) is 92.3 cm³/mol. The van der Waals surface area contributed by atoms with Crippen molar-refractivity contribution in [3.8, 4) is 5.75 Å². The summed E-state index contributed by atoms with van der Waals surface area (Å²) in [6.07, 6.45) is -0.506. The fraction of sp³-hybridized carbons (Fsp3) is 0.263. The molecule has 0 heterocycles. The zero-order chi connectivity index (χ0) is 18.4. The Kier molecular flexibility index (Phi) is 6.11. The van der Waals surface area contributed by atoms with Crippen molar-refractivity contribution in [1.29, 1.82) is 0 Å². The van der Waals surface area contributed by atoms with Crippen molar-refractivity contribution in [2.45, 2.75) is 26.4 Å². The van der Waals surface area contributed by atoms with Gasteiger partial charge in [-0.05, 0) is 43.2 Å². The maximum atomic E-state index is 13.7. The summed E-state index contributed by atoms with van der Waals surface area (Å²) in [6.45, 7) is 3.48. The highest BCUT2D eigenvalue weighted by Crippen LogP contribution is 2.22. The SMILES string of the molecule is CC[C@H](Oc1ccccc1F)C(=O)Nc1cccc(C(=O)OC)c1C. The van der Waals surface area contributed by atoms with Gasteiger partial charge in [-0.3, -0.25) is 4.79 Å². The van der Waals surface area contributed by atoms with Crippen molar-refractivity contribution in [2.75, 3.05) is 12.4 Å². The van der Waals surface area contributed by atoms with Crippen LogP contribution in [0.4, 0.5) is 10.1 Å². The number of benzene rings is 2. The Morgan fingerprint density at radius 2 is 1.88 bits per heavy atom. The van der Waals surface area contributed by atoms with E-state index in [2.05, 4.69) is 5.32 Å². The minimum Gasteiger partial charge on any atom is -0.478 e. The van der Waals surface area contributed by atoms with Crippen LogP contribution in [0.2, 0.25) is 0 Å². The van der Waals surface area contributed by atoms with Crippen molar-refractivity contribution in [1.82, 2.24) is 0 Å². The standard InChI is InChI=1S/C19H20FNO4/c1-4-16(25-17-11-6-5-9-14(17)20)18(22)21-15-10-7-8-13(12(15)2)19(23)24-3/h5-11,16H,4H2,1-3H3,(H,21,22)/t16-/m0/s1. The summed E-state index contributed by atoms with van der Waals surface area (Å²) in [7, 11) is 1.29. The van der Waals surface area contributed by atoms with Crippen LogP contribution >= 0.6 is 0 Å². The molecule has 0 unspecified atom stereocenters. The van der Waals surface area contributed by atoms with Gasteiger partial charge < -0.3 is 14.8 Å². The van der Waals surface area contributed by atoms with Gasteiger partial charge in [0.25, 0.3) is 5.91 Å². The summed E-state index contributed by atoms with van der Waals surface area (Å²) in [5.41, 5.74) is 1.43. The number of para-hydroxylation sites is 1. The molecule has 2 aromatic carbocycles. The van der Waals surface area contributed by atoms with Crippen molar-refractivity contribution in [2.24, 2.45) is 0 Å². The van der Waals surface area contributed by atoms with E-state index in [1.165, 1.54) is 19.2 Å². The lowest BCUT2D eigenvalue weighted by Crippen LogP contribution is -2.33. The molecule has 5 nitrogen and oxygen atoms in total. The number of hydrogen-bond donors (Lipinski definition) is 1. The number of nitrogens with one attached hydrogen (secondary N) is 1. The van der Waals surface area contributed by atoms with Gasteiger partial charge in [-0.15, -0.1) is 0 Å². The fourth-order valence-electron chi connectivity index (χ4n) is 2.33. The first kappa shape index (κ1) is 18.4. The first-order valence-electron chi connectivity index (χ1n) is 7.87. The Hall–Kier alpha value is -2.89. The van der Waals surface area contributed by atoms with E-state index in [1.807, 2.05) is 0 Å². The van der Waals surface area contributed by atoms with Crippen LogP contribution in [0.5, 0.6) is 5.75 Å². The topological polar surface area (TPSA) is 64.6 Å². The maximum absolute atomic E-state index is 13.7. The quantitative estimate of drug-likeness (QED) is 0.811. The van der Waals surface area contributed by atoms with Crippen LogP contribution in [0.15, 0.2) is 42.5 Å². The minimum absolute atomic E-state index is 0.0181. The van der Waals surface area contributed by atoms with Gasteiger partial charge in [-0.2, -0.15) is 0 Å². The van der Waals surface area contributed by atoms with E-state index in [0.717, 1.165) is 0 Å². The average Bonchev–Trinajstić information content (AvgIpc) is 2.62. The molecule has 0 fully saturated rings. The number of esters is 1. The van der Waals surface area contributed by atoms with E-state index < -0.39 is 23.8 Å². The molecule has 1 amide bonds. The predicted octanol–water partition coefficient (Wildman–Crippen LogP) is 3.72. The number of amides is 1. The van der Waals surface area contributed by atoms with E-state index >= 15 is 0 Å². The normalized spacial score (nSPS) is 11.5. The zero-order valence-corrected chi connectivity index (χ0v) is 14.3. The molecule has 0 aliphatic carbocycles. The summed E-state index contributed by atoms with van der Waals surface area (Å²) in [5, 5.41) is 2.73. The Labute approximate surface area is 145 Å². The molecule has 6 heteroatoms. The molecule has 1 N–H and O–H groups in total. The Morgan fingerprint density at radius 1 is 1.16 bits per heavy atom. The molecule has 0 radical (unpaired) electrons. The molecule has 0 saturated carbocycles. The van der Waals surface area contributed by atoms with Gasteiger partial charge in [0.15, 0.2) is 17.7 Å². The maximum Gasteiger partial charge on any atom is 0.338 e. The number of carbonyl (C=O) groups is 2. The van der Waals surface area contributed by atoms with E-state index in [1.54, 1.807) is 44.2 Å². The van der Waals surface area contributed by atoms with Crippen LogP contribution in [0, 0.1) is 12.7 Å². The van der Waals surface area contributed by atoms with Crippen molar-refractivity contribution in [3.63, 3.8) is 0 Å². The summed E-state index contributed by atoms with van der Waals surface area (Å²) < 4.78 is 23.9. The van der Waals surface area contributed by atoms with Crippen molar-refractivity contribution in [3.05, 3.63) is 59.4 Å². The summed E-state index contributed by atoms with van der Waals surface area (Å²) in [5.74, 6) is -1.42. The van der Waals surface area contributed by atoms with E-state index in [0.29, 0.717) is 23.2 Å². The monoisotopic (exact) mass is 345 g/mol. The number of halogens is 1. The highest BCUT2D eigenvalue weighted by molar-refractivity contribution is 5.98. The van der Waals surface area contributed by atoms with Crippen LogP contribution in [-0.2, 0) is 9.53 Å². The first-order valence-corrected chi connectivity index (χ1v) is 7.87. The lowest BCUT2D eigenvalue weighted by atomic mass is 10.1. The Balaban J connectivity index is 2.17. The number of hydrogen-bond acceptors (Lipinski definition) is 4. The van der Waals surface area contributed by atoms with Crippen LogP contribution in [0.25, 0.3) is 0 Å². The molecule has 132 valence electrons. The number of anilines is 1. The third-order valence-corrected chi connectivity index (χ3v) is 3.77. The molecular weight excluding hydrogens is 325 g/mol. The van der Waals surface area contributed by atoms with E-state index in [9.17, 15) is 14.0 Å². The van der Waals surface area contributed by atoms with Gasteiger partial charge in [0, 0.05) is 5.69 Å². The Morgan fingerprint density at radius 3 is 2.52 bits per heavy atom. The molecular formula is C19H20FNO4. The van der Waals surface area contributed by atoms with E-state index in [-0.39, 0.29) is 5.75 Å². The average molecular weight is 345 g/mol. The highest BCUT2D eigenvalue weighted by Gasteiger charge is 2.21. The summed E-state index contributed by atoms with van der Waals surface area (Å²) >= 11 is 0. The van der Waals surface area contributed by atoms with Crippen molar-refractivity contribution >= 4 is 17.6 Å². The van der Waals surface area contributed by atoms with Crippen LogP contribution in [0.1, 0.15) is 29.3 Å². The van der Waals surface area contributed by atoms with Gasteiger partial charge in [0.1, 0.15) is 0 Å². The van der Waals surface area contributed by atoms with Gasteiger partial charge in [0.2, 0.25) is 0 Å². The third-order valence-electron chi connectivity index (χ3n) is 3.77. The van der Waals surface area contributed by atoms with Crippen LogP contribution in [-0.4, -0.2) is 25.1 Å². The molecule has 2 aromatic rings. The third kappa shape index (κ3) is 4.35. The summed E-state index contributed by atoms with van der Waals surface area (Å²) in [6, 6.07) is 10.9. The van der Waals surface area contributed by atoms with Gasteiger partial charge in [0.05, 0.1) is 12.7 Å². The highest BCUT2D eigenvalue weighted by atomic mass is 19.1. The molecule has 25 heavy (non-hydrogen) atoms. The van der Waals surface area contributed by atoms with Gasteiger partial charge in [-0.1, -0.05) is 25.1 Å². The second-order valence-electron chi connectivity index (χ2n) is 5.40. The number of methoxy groups -OCH3 is 1. The van der Waals surface area contributed by atoms with Gasteiger partial charge >= 0.3 is 5.97 Å².